The fraction of sp³-hybridized carbons (Fsp3) is 0.154. The molecule has 3 rings (SSSR count). The van der Waals surface area contributed by atoms with Crippen molar-refractivity contribution in [2.24, 2.45) is 7.05 Å². The number of rotatable bonds is 2. The van der Waals surface area contributed by atoms with Gasteiger partial charge in [-0.05, 0) is 12.1 Å². The Hall–Kier alpha value is -2.84. The van der Waals surface area contributed by atoms with Crippen LogP contribution in [0.3, 0.4) is 0 Å². The summed E-state index contributed by atoms with van der Waals surface area (Å²) in [5.74, 6) is -1.70. The first-order chi connectivity index (χ1) is 10.4. The zero-order chi connectivity index (χ0) is 15.9. The summed E-state index contributed by atoms with van der Waals surface area (Å²) in [5, 5.41) is 12.6. The molecule has 0 fully saturated rings. The van der Waals surface area contributed by atoms with Crippen molar-refractivity contribution in [2.45, 2.75) is 6.18 Å². The Morgan fingerprint density at radius 3 is 2.41 bits per heavy atom. The van der Waals surface area contributed by atoms with Crippen LogP contribution in [-0.4, -0.2) is 24.6 Å². The van der Waals surface area contributed by atoms with Crippen LogP contribution in [0.25, 0.3) is 11.3 Å². The van der Waals surface area contributed by atoms with Crippen molar-refractivity contribution < 1.29 is 18.3 Å². The van der Waals surface area contributed by atoms with Gasteiger partial charge in [-0.15, -0.1) is 0 Å². The highest BCUT2D eigenvalue weighted by molar-refractivity contribution is 5.73. The van der Waals surface area contributed by atoms with Gasteiger partial charge in [0.25, 0.3) is 5.88 Å². The highest BCUT2D eigenvalue weighted by atomic mass is 19.4. The first-order valence-electron chi connectivity index (χ1n) is 6.19. The Morgan fingerprint density at radius 1 is 1.09 bits per heavy atom. The Bertz CT molecular complexity index is 829. The summed E-state index contributed by atoms with van der Waals surface area (Å²) in [6.07, 6.45) is -4.63. The van der Waals surface area contributed by atoms with Gasteiger partial charge in [0, 0.05) is 12.7 Å². The maximum absolute atomic E-state index is 12.8. The van der Waals surface area contributed by atoms with Crippen LogP contribution < -0.4 is 5.32 Å². The standard InChI is InChI=1S/C13H10F3N5O/c1-21-10-8(20-12(21)13(14,15)16)19-11(22)9(18-10)17-7-5-3-2-4-6-7/h2-6H,1H3,(H,17,18)(H,19,22). The predicted molar refractivity (Wildman–Crippen MR) is 72.7 cm³/mol. The molecule has 0 aliphatic carbocycles. The van der Waals surface area contributed by atoms with Crippen LogP contribution in [0.5, 0.6) is 5.88 Å². The third-order valence-corrected chi connectivity index (χ3v) is 2.98. The zero-order valence-electron chi connectivity index (χ0n) is 11.3. The summed E-state index contributed by atoms with van der Waals surface area (Å²) in [7, 11) is 1.19. The second-order valence-electron chi connectivity index (χ2n) is 4.53. The normalized spacial score (nSPS) is 11.8. The molecule has 0 bridgehead atoms. The number of nitrogens with zero attached hydrogens (tertiary/aromatic N) is 4. The number of para-hydroxylation sites is 1. The van der Waals surface area contributed by atoms with E-state index in [1.165, 1.54) is 7.05 Å². The quantitative estimate of drug-likeness (QED) is 0.761. The van der Waals surface area contributed by atoms with E-state index < -0.39 is 17.9 Å². The van der Waals surface area contributed by atoms with Crippen LogP contribution >= 0.6 is 0 Å². The van der Waals surface area contributed by atoms with Crippen LogP contribution in [0.2, 0.25) is 0 Å². The van der Waals surface area contributed by atoms with Gasteiger partial charge < -0.3 is 15.0 Å². The van der Waals surface area contributed by atoms with Gasteiger partial charge in [0.15, 0.2) is 11.5 Å². The number of hydrogen-bond acceptors (Lipinski definition) is 5. The number of aromatic nitrogens is 4. The molecule has 0 amide bonds. The molecular formula is C13H10F3N5O. The van der Waals surface area contributed by atoms with Gasteiger partial charge in [-0.3, -0.25) is 0 Å². The van der Waals surface area contributed by atoms with E-state index in [0.29, 0.717) is 5.69 Å². The van der Waals surface area contributed by atoms with Crippen LogP contribution in [-0.2, 0) is 13.2 Å². The summed E-state index contributed by atoms with van der Waals surface area (Å²) in [5.41, 5.74) is 0.263. The number of aromatic hydroxyl groups is 1. The molecule has 2 heterocycles. The van der Waals surface area contributed by atoms with E-state index in [1.807, 2.05) is 0 Å². The van der Waals surface area contributed by atoms with Crippen LogP contribution in [0, 0.1) is 0 Å². The number of aryl methyl sites for hydroxylation is 1. The molecular weight excluding hydrogens is 299 g/mol. The predicted octanol–water partition coefficient (Wildman–Crippen LogP) is 2.83. The van der Waals surface area contributed by atoms with E-state index in [1.54, 1.807) is 30.3 Å². The monoisotopic (exact) mass is 309 g/mol. The summed E-state index contributed by atoms with van der Waals surface area (Å²) < 4.78 is 39.2. The Labute approximate surface area is 122 Å². The number of anilines is 2. The van der Waals surface area contributed by atoms with Gasteiger partial charge in [0.1, 0.15) is 0 Å². The van der Waals surface area contributed by atoms with Gasteiger partial charge in [-0.25, -0.2) is 9.97 Å². The number of halogens is 3. The lowest BCUT2D eigenvalue weighted by Crippen LogP contribution is -2.12. The highest BCUT2D eigenvalue weighted by Crippen LogP contribution is 2.31. The van der Waals surface area contributed by atoms with Gasteiger partial charge in [0.2, 0.25) is 11.5 Å². The Morgan fingerprint density at radius 2 is 1.77 bits per heavy atom. The lowest BCUT2D eigenvalue weighted by molar-refractivity contribution is -0.146. The van der Waals surface area contributed by atoms with Gasteiger partial charge in [0.05, 0.1) is 0 Å². The topological polar surface area (TPSA) is 75.9 Å². The number of imidazole rings is 1. The van der Waals surface area contributed by atoms with Crippen molar-refractivity contribution in [1.29, 1.82) is 0 Å². The van der Waals surface area contributed by atoms with E-state index in [4.69, 9.17) is 0 Å². The molecule has 2 N–H and O–H groups in total. The maximum Gasteiger partial charge on any atom is 0.449 e. The summed E-state index contributed by atoms with van der Waals surface area (Å²) in [6, 6.07) is 8.76. The zero-order valence-corrected chi connectivity index (χ0v) is 11.3. The molecule has 2 aromatic heterocycles. The molecule has 114 valence electrons. The molecule has 0 spiro atoms. The highest BCUT2D eigenvalue weighted by Gasteiger charge is 2.37. The fourth-order valence-electron chi connectivity index (χ4n) is 1.98. The van der Waals surface area contributed by atoms with Crippen LogP contribution in [0.15, 0.2) is 30.3 Å². The molecule has 0 aliphatic heterocycles. The minimum Gasteiger partial charge on any atom is -0.491 e. The maximum atomic E-state index is 12.8. The Kier molecular flexibility index (Phi) is 3.12. The summed E-state index contributed by atoms with van der Waals surface area (Å²) >= 11 is 0. The Balaban J connectivity index is 2.10. The molecule has 3 aromatic rings. The molecule has 1 aromatic carbocycles. The largest absolute Gasteiger partial charge is 0.491 e. The van der Waals surface area contributed by atoms with E-state index in [-0.39, 0.29) is 17.1 Å². The van der Waals surface area contributed by atoms with E-state index in [0.717, 1.165) is 4.57 Å². The third-order valence-electron chi connectivity index (χ3n) is 2.98. The average Bonchev–Trinajstić information content (AvgIpc) is 2.77. The molecule has 9 heteroatoms. The van der Waals surface area contributed by atoms with Crippen molar-refractivity contribution in [1.82, 2.24) is 19.5 Å². The first-order valence-corrected chi connectivity index (χ1v) is 6.19. The molecule has 22 heavy (non-hydrogen) atoms. The van der Waals surface area contributed by atoms with Gasteiger partial charge >= 0.3 is 6.18 Å². The van der Waals surface area contributed by atoms with E-state index in [9.17, 15) is 18.3 Å². The van der Waals surface area contributed by atoms with Crippen molar-refractivity contribution >= 4 is 22.8 Å². The number of benzene rings is 1. The van der Waals surface area contributed by atoms with Crippen LogP contribution in [0.4, 0.5) is 24.7 Å². The molecule has 0 saturated carbocycles. The molecule has 0 atom stereocenters. The van der Waals surface area contributed by atoms with Crippen molar-refractivity contribution in [3.8, 4) is 5.88 Å². The number of hydrogen-bond donors (Lipinski definition) is 2. The second kappa shape index (κ2) is 4.86. The summed E-state index contributed by atoms with van der Waals surface area (Å²) in [6.45, 7) is 0. The minimum absolute atomic E-state index is 0.0459. The number of alkyl halides is 3. The fourth-order valence-corrected chi connectivity index (χ4v) is 1.98. The van der Waals surface area contributed by atoms with Gasteiger partial charge in [-0.2, -0.15) is 18.2 Å². The number of nitrogens with one attached hydrogen (secondary N) is 1. The first kappa shape index (κ1) is 14.1. The van der Waals surface area contributed by atoms with Crippen molar-refractivity contribution in [2.75, 3.05) is 5.32 Å². The SMILES string of the molecule is Cn1c(C(F)(F)F)nc2nc(O)c(Nc3ccccc3)nc21. The van der Waals surface area contributed by atoms with E-state index >= 15 is 0 Å². The lowest BCUT2D eigenvalue weighted by Gasteiger charge is -2.07. The third kappa shape index (κ3) is 2.41. The minimum atomic E-state index is -4.63. The molecule has 6 nitrogen and oxygen atoms in total. The smallest absolute Gasteiger partial charge is 0.449 e. The van der Waals surface area contributed by atoms with Crippen molar-refractivity contribution in [3.63, 3.8) is 0 Å². The molecule has 0 unspecified atom stereocenters. The van der Waals surface area contributed by atoms with Gasteiger partial charge in [-0.1, -0.05) is 18.2 Å². The van der Waals surface area contributed by atoms with Crippen molar-refractivity contribution in [3.05, 3.63) is 36.2 Å². The average molecular weight is 309 g/mol. The van der Waals surface area contributed by atoms with E-state index in [2.05, 4.69) is 20.3 Å². The summed E-state index contributed by atoms with van der Waals surface area (Å²) in [4.78, 5) is 11.0. The number of fused-ring (bicyclic) bond motifs is 1. The van der Waals surface area contributed by atoms with Crippen LogP contribution in [0.1, 0.15) is 5.82 Å². The molecule has 0 aliphatic rings. The molecule has 0 saturated heterocycles. The lowest BCUT2D eigenvalue weighted by atomic mass is 10.3. The molecule has 0 radical (unpaired) electrons. The second-order valence-corrected chi connectivity index (χ2v) is 4.53.